The molecule has 2 aromatic carbocycles. The summed E-state index contributed by atoms with van der Waals surface area (Å²) in [7, 11) is 0. The van der Waals surface area contributed by atoms with Gasteiger partial charge in [0, 0.05) is 25.3 Å². The molecule has 1 amide bonds. The van der Waals surface area contributed by atoms with Gasteiger partial charge in [-0.2, -0.15) is 0 Å². The molecule has 21 heavy (non-hydrogen) atoms. The Balaban J connectivity index is 1.47. The van der Waals surface area contributed by atoms with E-state index in [1.165, 1.54) is 16.7 Å². The zero-order chi connectivity index (χ0) is 14.2. The first kappa shape index (κ1) is 12.6. The summed E-state index contributed by atoms with van der Waals surface area (Å²) in [6.45, 7) is 3.09. The van der Waals surface area contributed by atoms with Crippen molar-refractivity contribution in [3.63, 3.8) is 0 Å². The Morgan fingerprint density at radius 2 is 1.52 bits per heavy atom. The van der Waals surface area contributed by atoms with Gasteiger partial charge < -0.3 is 4.90 Å². The minimum Gasteiger partial charge on any atom is -0.311 e. The number of anilines is 1. The monoisotopic (exact) mass is 278 g/mol. The normalized spacial score (nSPS) is 16.9. The van der Waals surface area contributed by atoms with E-state index in [4.69, 9.17) is 0 Å². The van der Waals surface area contributed by atoms with Crippen molar-refractivity contribution in [3.05, 3.63) is 65.2 Å². The summed E-state index contributed by atoms with van der Waals surface area (Å²) in [6.07, 6.45) is 0.974. The van der Waals surface area contributed by atoms with Gasteiger partial charge in [0.2, 0.25) is 5.91 Å². The molecule has 0 spiro atoms. The van der Waals surface area contributed by atoms with Crippen LogP contribution in [0, 0.1) is 0 Å². The average molecular weight is 278 g/mol. The number of carbonyl (C=O) groups is 1. The van der Waals surface area contributed by atoms with Crippen molar-refractivity contribution >= 4 is 11.6 Å². The number of carbonyl (C=O) groups excluding carboxylic acids is 1. The Morgan fingerprint density at radius 3 is 2.24 bits per heavy atom. The van der Waals surface area contributed by atoms with E-state index in [1.54, 1.807) is 0 Å². The van der Waals surface area contributed by atoms with Crippen molar-refractivity contribution in [2.75, 3.05) is 18.0 Å². The Hall–Kier alpha value is -2.13. The van der Waals surface area contributed by atoms with Gasteiger partial charge in [0.05, 0.1) is 6.54 Å². The van der Waals surface area contributed by atoms with Crippen LogP contribution in [0.3, 0.4) is 0 Å². The van der Waals surface area contributed by atoms with Crippen LogP contribution in [0.15, 0.2) is 48.5 Å². The third-order valence-electron chi connectivity index (χ3n) is 4.45. The smallest absolute Gasteiger partial charge is 0.241 e. The standard InChI is InChI=1S/C18H18N2O/c21-18(20-10-9-14-5-3-4-8-17(14)20)13-19-11-15-6-1-2-7-16(15)12-19/h1-8H,9-13H2. The Kier molecular flexibility index (Phi) is 3.00. The number of fused-ring (bicyclic) bond motifs is 2. The highest BCUT2D eigenvalue weighted by Gasteiger charge is 2.27. The lowest BCUT2D eigenvalue weighted by Crippen LogP contribution is -2.37. The van der Waals surface area contributed by atoms with E-state index in [0.29, 0.717) is 6.54 Å². The molecular formula is C18H18N2O. The summed E-state index contributed by atoms with van der Waals surface area (Å²) in [5.74, 6) is 0.216. The van der Waals surface area contributed by atoms with Crippen LogP contribution in [0.1, 0.15) is 16.7 Å². The van der Waals surface area contributed by atoms with Gasteiger partial charge in [-0.15, -0.1) is 0 Å². The fraction of sp³-hybridized carbons (Fsp3) is 0.278. The van der Waals surface area contributed by atoms with E-state index < -0.39 is 0 Å². The maximum absolute atomic E-state index is 12.6. The van der Waals surface area contributed by atoms with Crippen molar-refractivity contribution in [2.45, 2.75) is 19.5 Å². The highest BCUT2D eigenvalue weighted by Crippen LogP contribution is 2.28. The van der Waals surface area contributed by atoms with Gasteiger partial charge in [0.25, 0.3) is 0 Å². The molecule has 2 aromatic rings. The van der Waals surface area contributed by atoms with Crippen molar-refractivity contribution in [1.29, 1.82) is 0 Å². The SMILES string of the molecule is O=C(CN1Cc2ccccc2C1)N1CCc2ccccc21. The zero-order valence-electron chi connectivity index (χ0n) is 12.0. The molecule has 0 bridgehead atoms. The molecule has 2 aliphatic rings. The fourth-order valence-corrected chi connectivity index (χ4v) is 3.39. The molecular weight excluding hydrogens is 260 g/mol. The Morgan fingerprint density at radius 1 is 0.905 bits per heavy atom. The minimum absolute atomic E-state index is 0.216. The lowest BCUT2D eigenvalue weighted by atomic mass is 10.1. The van der Waals surface area contributed by atoms with Crippen LogP contribution in [0.5, 0.6) is 0 Å². The van der Waals surface area contributed by atoms with Gasteiger partial charge in [-0.25, -0.2) is 0 Å². The molecule has 3 nitrogen and oxygen atoms in total. The number of nitrogens with zero attached hydrogens (tertiary/aromatic N) is 2. The predicted molar refractivity (Wildman–Crippen MR) is 83.1 cm³/mol. The van der Waals surface area contributed by atoms with E-state index in [0.717, 1.165) is 31.7 Å². The summed E-state index contributed by atoms with van der Waals surface area (Å²) < 4.78 is 0. The van der Waals surface area contributed by atoms with Crippen LogP contribution >= 0.6 is 0 Å². The van der Waals surface area contributed by atoms with E-state index in [1.807, 2.05) is 17.0 Å². The van der Waals surface area contributed by atoms with Crippen molar-refractivity contribution in [1.82, 2.24) is 4.90 Å². The van der Waals surface area contributed by atoms with Crippen LogP contribution in [-0.4, -0.2) is 23.9 Å². The molecule has 0 atom stereocenters. The summed E-state index contributed by atoms with van der Waals surface area (Å²) in [6, 6.07) is 16.7. The van der Waals surface area contributed by atoms with Crippen LogP contribution < -0.4 is 4.90 Å². The third kappa shape index (κ3) is 2.24. The van der Waals surface area contributed by atoms with Gasteiger partial charge >= 0.3 is 0 Å². The molecule has 106 valence electrons. The van der Waals surface area contributed by atoms with Crippen LogP contribution in [-0.2, 0) is 24.3 Å². The number of hydrogen-bond donors (Lipinski definition) is 0. The minimum atomic E-state index is 0.216. The first-order valence-corrected chi connectivity index (χ1v) is 7.49. The lowest BCUT2D eigenvalue weighted by Gasteiger charge is -2.21. The zero-order valence-corrected chi connectivity index (χ0v) is 12.0. The number of rotatable bonds is 2. The highest BCUT2D eigenvalue weighted by molar-refractivity contribution is 5.96. The maximum Gasteiger partial charge on any atom is 0.241 e. The van der Waals surface area contributed by atoms with Crippen LogP contribution in [0.4, 0.5) is 5.69 Å². The highest BCUT2D eigenvalue weighted by atomic mass is 16.2. The molecule has 2 aliphatic heterocycles. The molecule has 0 unspecified atom stereocenters. The molecule has 0 aliphatic carbocycles. The Bertz CT molecular complexity index is 670. The maximum atomic E-state index is 12.6. The summed E-state index contributed by atoms with van der Waals surface area (Å²) >= 11 is 0. The summed E-state index contributed by atoms with van der Waals surface area (Å²) in [5.41, 5.74) is 5.09. The quantitative estimate of drug-likeness (QED) is 0.843. The molecule has 0 N–H and O–H groups in total. The molecule has 2 heterocycles. The van der Waals surface area contributed by atoms with E-state index in [2.05, 4.69) is 41.3 Å². The molecule has 4 rings (SSSR count). The second-order valence-electron chi connectivity index (χ2n) is 5.84. The lowest BCUT2D eigenvalue weighted by molar-refractivity contribution is -0.119. The van der Waals surface area contributed by atoms with E-state index in [-0.39, 0.29) is 5.91 Å². The largest absolute Gasteiger partial charge is 0.311 e. The van der Waals surface area contributed by atoms with Crippen molar-refractivity contribution in [3.8, 4) is 0 Å². The second kappa shape index (κ2) is 5.01. The molecule has 0 radical (unpaired) electrons. The first-order valence-electron chi connectivity index (χ1n) is 7.49. The van der Waals surface area contributed by atoms with Gasteiger partial charge in [0.15, 0.2) is 0 Å². The average Bonchev–Trinajstić information content (AvgIpc) is 3.10. The summed E-state index contributed by atoms with van der Waals surface area (Å²) in [4.78, 5) is 16.8. The van der Waals surface area contributed by atoms with Crippen LogP contribution in [0.2, 0.25) is 0 Å². The topological polar surface area (TPSA) is 23.6 Å². The Labute approximate surface area is 124 Å². The second-order valence-corrected chi connectivity index (χ2v) is 5.84. The van der Waals surface area contributed by atoms with Gasteiger partial charge in [-0.3, -0.25) is 9.69 Å². The number of amides is 1. The molecule has 3 heteroatoms. The van der Waals surface area contributed by atoms with E-state index >= 15 is 0 Å². The third-order valence-corrected chi connectivity index (χ3v) is 4.45. The van der Waals surface area contributed by atoms with Crippen molar-refractivity contribution < 1.29 is 4.79 Å². The van der Waals surface area contributed by atoms with E-state index in [9.17, 15) is 4.79 Å². The van der Waals surface area contributed by atoms with Gasteiger partial charge in [-0.1, -0.05) is 42.5 Å². The number of benzene rings is 2. The van der Waals surface area contributed by atoms with Gasteiger partial charge in [-0.05, 0) is 29.2 Å². The first-order chi connectivity index (χ1) is 10.3. The molecule has 0 saturated heterocycles. The summed E-state index contributed by atoms with van der Waals surface area (Å²) in [5, 5.41) is 0. The fourth-order valence-electron chi connectivity index (χ4n) is 3.39. The predicted octanol–water partition coefficient (Wildman–Crippen LogP) is 2.59. The molecule has 0 aromatic heterocycles. The number of hydrogen-bond acceptors (Lipinski definition) is 2. The molecule has 0 fully saturated rings. The molecule has 0 saturated carbocycles. The van der Waals surface area contributed by atoms with Gasteiger partial charge in [0.1, 0.15) is 0 Å². The number of para-hydroxylation sites is 1. The van der Waals surface area contributed by atoms with Crippen molar-refractivity contribution in [2.24, 2.45) is 0 Å². The van der Waals surface area contributed by atoms with Crippen LogP contribution in [0.25, 0.3) is 0 Å².